The minimum absolute atomic E-state index is 0.350. The van der Waals surface area contributed by atoms with E-state index in [2.05, 4.69) is 67.8 Å². The molecular formula is C48H89NO5. The maximum atomic E-state index is 12.5. The van der Waals surface area contributed by atoms with E-state index < -0.39 is 36.9 Å². The molecule has 0 saturated heterocycles. The lowest BCUT2D eigenvalue weighted by atomic mass is 10.00. The van der Waals surface area contributed by atoms with Crippen LogP contribution in [0.5, 0.6) is 0 Å². The van der Waals surface area contributed by atoms with Gasteiger partial charge in [0, 0.05) is 0 Å². The number of aliphatic hydroxyl groups is 4. The molecule has 4 atom stereocenters. The van der Waals surface area contributed by atoms with Gasteiger partial charge in [0.1, 0.15) is 12.2 Å². The summed E-state index contributed by atoms with van der Waals surface area (Å²) in [5, 5.41) is 43.7. The highest BCUT2D eigenvalue weighted by Crippen LogP contribution is 2.14. The smallest absolute Gasteiger partial charge is 0.249 e. The minimum atomic E-state index is -1.30. The summed E-state index contributed by atoms with van der Waals surface area (Å²) in [6.45, 7) is 4.02. The van der Waals surface area contributed by atoms with Gasteiger partial charge in [0.25, 0.3) is 0 Å². The zero-order chi connectivity index (χ0) is 39.6. The molecule has 0 aromatic carbocycles. The van der Waals surface area contributed by atoms with E-state index >= 15 is 0 Å². The Morgan fingerprint density at radius 3 is 1.17 bits per heavy atom. The Balaban J connectivity index is 3.82. The van der Waals surface area contributed by atoms with Gasteiger partial charge >= 0.3 is 0 Å². The monoisotopic (exact) mass is 760 g/mol. The maximum Gasteiger partial charge on any atom is 0.249 e. The molecule has 0 aliphatic rings. The largest absolute Gasteiger partial charge is 0.394 e. The highest BCUT2D eigenvalue weighted by atomic mass is 16.3. The van der Waals surface area contributed by atoms with Crippen LogP contribution in [0.1, 0.15) is 219 Å². The molecule has 0 saturated carbocycles. The van der Waals surface area contributed by atoms with Gasteiger partial charge in [-0.3, -0.25) is 4.79 Å². The Bertz CT molecular complexity index is 900. The summed E-state index contributed by atoms with van der Waals surface area (Å²) in [6.07, 6.45) is 51.4. The van der Waals surface area contributed by atoms with Crippen molar-refractivity contribution in [3.8, 4) is 0 Å². The number of allylic oxidation sites excluding steroid dienone is 8. The number of rotatable bonds is 41. The molecule has 0 aliphatic carbocycles. The average molecular weight is 760 g/mol. The van der Waals surface area contributed by atoms with E-state index in [4.69, 9.17) is 0 Å². The standard InChI is InChI=1S/C48H89NO5/c1-3-5-7-9-11-13-15-17-19-21-23-24-26-28-30-32-34-36-38-40-42-46(52)48(54)49-44(43-50)47(53)45(51)41-39-37-35-33-31-29-27-25-22-20-18-16-14-12-10-8-6-4-2/h16,18,24-27,33,35,44-47,50-53H,3-15,17,19-23,28-32,34,36-43H2,1-2H3,(H,49,54)/b18-16+,26-24-,27-25+,35-33+. The van der Waals surface area contributed by atoms with Crippen molar-refractivity contribution in [2.24, 2.45) is 0 Å². The van der Waals surface area contributed by atoms with Crippen molar-refractivity contribution in [1.82, 2.24) is 5.32 Å². The first-order valence-electron chi connectivity index (χ1n) is 23.0. The third kappa shape index (κ3) is 35.9. The Morgan fingerprint density at radius 1 is 0.444 bits per heavy atom. The molecule has 1 amide bonds. The zero-order valence-corrected chi connectivity index (χ0v) is 35.5. The summed E-state index contributed by atoms with van der Waals surface area (Å²) in [5.41, 5.74) is 0. The van der Waals surface area contributed by atoms with E-state index in [1.54, 1.807) is 0 Å². The predicted molar refractivity (Wildman–Crippen MR) is 233 cm³/mol. The van der Waals surface area contributed by atoms with E-state index in [0.717, 1.165) is 64.2 Å². The van der Waals surface area contributed by atoms with Crippen molar-refractivity contribution < 1.29 is 25.2 Å². The third-order valence-corrected chi connectivity index (χ3v) is 10.5. The van der Waals surface area contributed by atoms with Crippen LogP contribution in [0.3, 0.4) is 0 Å². The van der Waals surface area contributed by atoms with Crippen LogP contribution in [0.15, 0.2) is 48.6 Å². The second-order valence-electron chi connectivity index (χ2n) is 15.7. The number of unbranched alkanes of at least 4 members (excludes halogenated alkanes) is 24. The SMILES string of the molecule is CCCCCCC/C=C/CC/C=C/CC/C=C/CCCC(O)C(O)C(CO)NC(=O)C(O)CCCCCCCC/C=C\CCCCCCCCCCCC. The van der Waals surface area contributed by atoms with Crippen molar-refractivity contribution in [2.45, 2.75) is 244 Å². The third-order valence-electron chi connectivity index (χ3n) is 10.5. The number of carbonyl (C=O) groups is 1. The minimum Gasteiger partial charge on any atom is -0.394 e. The molecule has 316 valence electrons. The predicted octanol–water partition coefficient (Wildman–Crippen LogP) is 12.3. The van der Waals surface area contributed by atoms with Gasteiger partial charge in [0.2, 0.25) is 5.91 Å². The lowest BCUT2D eigenvalue weighted by Gasteiger charge is -2.27. The molecule has 6 nitrogen and oxygen atoms in total. The summed E-state index contributed by atoms with van der Waals surface area (Å²) in [4.78, 5) is 12.5. The second kappa shape index (κ2) is 42.4. The fourth-order valence-electron chi connectivity index (χ4n) is 6.78. The summed E-state index contributed by atoms with van der Waals surface area (Å²) in [6, 6.07) is -1.01. The molecule has 0 aromatic rings. The van der Waals surface area contributed by atoms with Crippen molar-refractivity contribution in [3.05, 3.63) is 48.6 Å². The molecule has 0 heterocycles. The fraction of sp³-hybridized carbons (Fsp3) is 0.812. The van der Waals surface area contributed by atoms with E-state index in [9.17, 15) is 25.2 Å². The van der Waals surface area contributed by atoms with Crippen molar-refractivity contribution >= 4 is 5.91 Å². The Morgan fingerprint density at radius 2 is 0.778 bits per heavy atom. The van der Waals surface area contributed by atoms with Gasteiger partial charge in [-0.15, -0.1) is 0 Å². The molecule has 0 fully saturated rings. The molecular weight excluding hydrogens is 671 g/mol. The molecule has 0 rings (SSSR count). The maximum absolute atomic E-state index is 12.5. The molecule has 54 heavy (non-hydrogen) atoms. The first-order chi connectivity index (χ1) is 26.5. The van der Waals surface area contributed by atoms with Crippen LogP contribution in [0, 0.1) is 0 Å². The van der Waals surface area contributed by atoms with Crippen LogP contribution in [0.25, 0.3) is 0 Å². The van der Waals surface area contributed by atoms with Crippen LogP contribution in [0.4, 0.5) is 0 Å². The number of hydrogen-bond acceptors (Lipinski definition) is 5. The van der Waals surface area contributed by atoms with Gasteiger partial charge in [0.05, 0.1) is 18.8 Å². The van der Waals surface area contributed by atoms with Crippen molar-refractivity contribution in [1.29, 1.82) is 0 Å². The summed E-state index contributed by atoms with van der Waals surface area (Å²) in [5.74, 6) is -0.605. The first-order valence-corrected chi connectivity index (χ1v) is 23.0. The normalized spacial score (nSPS) is 14.6. The number of amides is 1. The van der Waals surface area contributed by atoms with Gasteiger partial charge in [-0.2, -0.15) is 0 Å². The number of nitrogens with one attached hydrogen (secondary N) is 1. The van der Waals surface area contributed by atoms with E-state index in [1.807, 2.05) is 0 Å². The molecule has 4 unspecified atom stereocenters. The van der Waals surface area contributed by atoms with Gasteiger partial charge in [-0.25, -0.2) is 0 Å². The molecule has 6 heteroatoms. The van der Waals surface area contributed by atoms with Crippen LogP contribution in [-0.4, -0.2) is 57.3 Å². The lowest BCUT2D eigenvalue weighted by Crippen LogP contribution is -2.53. The Labute approximate surface area is 334 Å². The quantitative estimate of drug-likeness (QED) is 0.0315. The van der Waals surface area contributed by atoms with Crippen LogP contribution < -0.4 is 5.32 Å². The molecule has 0 aliphatic heterocycles. The highest BCUT2D eigenvalue weighted by Gasteiger charge is 2.28. The van der Waals surface area contributed by atoms with E-state index in [1.165, 1.54) is 122 Å². The summed E-state index contributed by atoms with van der Waals surface area (Å²) in [7, 11) is 0. The van der Waals surface area contributed by atoms with Gasteiger partial charge in [-0.05, 0) is 89.9 Å². The molecule has 0 radical (unpaired) electrons. The number of hydrogen-bond donors (Lipinski definition) is 5. The lowest BCUT2D eigenvalue weighted by molar-refractivity contribution is -0.132. The molecule has 0 bridgehead atoms. The topological polar surface area (TPSA) is 110 Å². The Kier molecular flexibility index (Phi) is 41.1. The van der Waals surface area contributed by atoms with Crippen molar-refractivity contribution in [3.63, 3.8) is 0 Å². The summed E-state index contributed by atoms with van der Waals surface area (Å²) >= 11 is 0. The molecule has 5 N–H and O–H groups in total. The fourth-order valence-corrected chi connectivity index (χ4v) is 6.78. The van der Waals surface area contributed by atoms with Gasteiger partial charge < -0.3 is 25.7 Å². The van der Waals surface area contributed by atoms with Crippen LogP contribution in [-0.2, 0) is 4.79 Å². The number of aliphatic hydroxyl groups excluding tert-OH is 4. The second-order valence-corrected chi connectivity index (χ2v) is 15.7. The molecule has 0 spiro atoms. The van der Waals surface area contributed by atoms with Gasteiger partial charge in [-0.1, -0.05) is 178 Å². The highest BCUT2D eigenvalue weighted by molar-refractivity contribution is 5.80. The van der Waals surface area contributed by atoms with Crippen LogP contribution >= 0.6 is 0 Å². The Hall–Kier alpha value is -1.73. The van der Waals surface area contributed by atoms with Gasteiger partial charge in [0.15, 0.2) is 0 Å². The van der Waals surface area contributed by atoms with E-state index in [0.29, 0.717) is 19.3 Å². The zero-order valence-electron chi connectivity index (χ0n) is 35.5. The summed E-state index contributed by atoms with van der Waals surface area (Å²) < 4.78 is 0. The average Bonchev–Trinajstić information content (AvgIpc) is 3.18. The first kappa shape index (κ1) is 52.3. The van der Waals surface area contributed by atoms with E-state index in [-0.39, 0.29) is 0 Å². The number of carbonyl (C=O) groups excluding carboxylic acids is 1. The molecule has 0 aromatic heterocycles. The van der Waals surface area contributed by atoms with Crippen LogP contribution in [0.2, 0.25) is 0 Å². The van der Waals surface area contributed by atoms with Crippen molar-refractivity contribution in [2.75, 3.05) is 6.61 Å².